The summed E-state index contributed by atoms with van der Waals surface area (Å²) >= 11 is 0. The molecular weight excluding hydrogens is 566 g/mol. The number of anilines is 1. The molecule has 232 valence electrons. The van der Waals surface area contributed by atoms with E-state index in [4.69, 9.17) is 17.2 Å². The van der Waals surface area contributed by atoms with Gasteiger partial charge in [0.05, 0.1) is 22.6 Å². The molecule has 1 aliphatic heterocycles. The van der Waals surface area contributed by atoms with E-state index in [2.05, 4.69) is 81.5 Å². The van der Waals surface area contributed by atoms with Gasteiger partial charge in [-0.25, -0.2) is 0 Å². The van der Waals surface area contributed by atoms with E-state index in [-0.39, 0.29) is 6.04 Å². The Morgan fingerprint density at radius 1 is 1.04 bits per heavy atom. The Kier molecular flexibility index (Phi) is 9.83. The molecule has 46 heavy (non-hydrogen) atoms. The number of nitrogens with zero attached hydrogens (tertiary/aromatic N) is 4. The fourth-order valence-electron chi connectivity index (χ4n) is 5.98. The summed E-state index contributed by atoms with van der Waals surface area (Å²) in [5.41, 5.74) is 29.8. The van der Waals surface area contributed by atoms with Gasteiger partial charge in [0.15, 0.2) is 0 Å². The Morgan fingerprint density at radius 2 is 1.87 bits per heavy atom. The third-order valence-electron chi connectivity index (χ3n) is 7.93. The molecule has 0 spiro atoms. The summed E-state index contributed by atoms with van der Waals surface area (Å²) in [6, 6.07) is 18.6. The van der Waals surface area contributed by atoms with Crippen molar-refractivity contribution in [3.05, 3.63) is 151 Å². The zero-order valence-electron chi connectivity index (χ0n) is 26.6. The van der Waals surface area contributed by atoms with Crippen LogP contribution < -0.4 is 17.2 Å². The highest BCUT2D eigenvalue weighted by Gasteiger charge is 2.34. The van der Waals surface area contributed by atoms with Gasteiger partial charge in [0.1, 0.15) is 0 Å². The minimum Gasteiger partial charge on any atom is -0.405 e. The number of aromatic nitrogens is 2. The van der Waals surface area contributed by atoms with Crippen LogP contribution in [0.4, 0.5) is 5.69 Å². The molecule has 3 heterocycles. The molecular formula is C39H41N7. The van der Waals surface area contributed by atoms with Crippen molar-refractivity contribution in [3.8, 4) is 16.8 Å². The van der Waals surface area contributed by atoms with Crippen LogP contribution in [0.25, 0.3) is 39.0 Å². The lowest BCUT2D eigenvalue weighted by molar-refractivity contribution is 0.445. The van der Waals surface area contributed by atoms with Crippen LogP contribution in [-0.4, -0.2) is 33.8 Å². The zero-order valence-corrected chi connectivity index (χ0v) is 26.6. The lowest BCUT2D eigenvalue weighted by Gasteiger charge is -2.30. The fraction of sp³-hybridized carbons (Fsp3) is 0.128. The van der Waals surface area contributed by atoms with Crippen LogP contribution in [0.2, 0.25) is 0 Å². The van der Waals surface area contributed by atoms with Gasteiger partial charge in [-0.05, 0) is 79.2 Å². The summed E-state index contributed by atoms with van der Waals surface area (Å²) in [4.78, 5) is 11.0. The molecule has 0 fully saturated rings. The molecule has 2 aromatic heterocycles. The predicted molar refractivity (Wildman–Crippen MR) is 196 cm³/mol. The van der Waals surface area contributed by atoms with E-state index < -0.39 is 0 Å². The van der Waals surface area contributed by atoms with Crippen LogP contribution in [-0.2, 0) is 0 Å². The Morgan fingerprint density at radius 3 is 2.59 bits per heavy atom. The number of hydrogen-bond donors (Lipinski definition) is 3. The molecule has 7 nitrogen and oxygen atoms in total. The quantitative estimate of drug-likeness (QED) is 0.126. The number of benzene rings is 2. The minimum absolute atomic E-state index is 0.0317. The van der Waals surface area contributed by atoms with E-state index >= 15 is 0 Å². The Labute approximate surface area is 271 Å². The van der Waals surface area contributed by atoms with Gasteiger partial charge < -0.3 is 26.7 Å². The number of fused-ring (bicyclic) bond motifs is 1. The zero-order chi connectivity index (χ0) is 32.6. The average molecular weight is 608 g/mol. The number of rotatable bonds is 10. The van der Waals surface area contributed by atoms with E-state index in [0.717, 1.165) is 61.6 Å². The van der Waals surface area contributed by atoms with Gasteiger partial charge in [-0.3, -0.25) is 9.98 Å². The molecule has 0 saturated heterocycles. The summed E-state index contributed by atoms with van der Waals surface area (Å²) < 4.78 is 2.22. The molecule has 0 aliphatic carbocycles. The third kappa shape index (κ3) is 6.21. The Hall–Kier alpha value is -5.82. The summed E-state index contributed by atoms with van der Waals surface area (Å²) in [7, 11) is 1.77. The van der Waals surface area contributed by atoms with Gasteiger partial charge in [0.2, 0.25) is 0 Å². The Bertz CT molecular complexity index is 1950. The van der Waals surface area contributed by atoms with Crippen molar-refractivity contribution in [1.29, 1.82) is 0 Å². The number of allylic oxidation sites excluding steroid dienone is 8. The molecule has 4 aromatic rings. The second kappa shape index (κ2) is 14.3. The van der Waals surface area contributed by atoms with E-state index in [0.29, 0.717) is 12.1 Å². The second-order valence-electron chi connectivity index (χ2n) is 11.0. The first kappa shape index (κ1) is 31.6. The first-order valence-corrected chi connectivity index (χ1v) is 15.3. The highest BCUT2D eigenvalue weighted by atomic mass is 15.2. The molecule has 2 aromatic carbocycles. The normalized spacial score (nSPS) is 16.0. The predicted octanol–water partition coefficient (Wildman–Crippen LogP) is 7.75. The van der Waals surface area contributed by atoms with Crippen molar-refractivity contribution in [2.24, 2.45) is 16.5 Å². The summed E-state index contributed by atoms with van der Waals surface area (Å²) in [6.07, 6.45) is 23.4. The van der Waals surface area contributed by atoms with Gasteiger partial charge in [-0.1, -0.05) is 67.3 Å². The number of nitrogen functional groups attached to an aromatic ring is 1. The highest BCUT2D eigenvalue weighted by molar-refractivity contribution is 6.11. The van der Waals surface area contributed by atoms with E-state index in [1.807, 2.05) is 67.9 Å². The van der Waals surface area contributed by atoms with Crippen LogP contribution in [0.15, 0.2) is 145 Å². The minimum atomic E-state index is -0.0317. The number of hydrogen-bond acceptors (Lipinski definition) is 6. The molecule has 1 unspecified atom stereocenters. The van der Waals surface area contributed by atoms with Crippen molar-refractivity contribution in [1.82, 2.24) is 14.5 Å². The topological polar surface area (TPSA) is 111 Å². The van der Waals surface area contributed by atoms with Gasteiger partial charge in [0.25, 0.3) is 0 Å². The van der Waals surface area contributed by atoms with Crippen LogP contribution in [0.5, 0.6) is 0 Å². The fourth-order valence-corrected chi connectivity index (χ4v) is 5.98. The van der Waals surface area contributed by atoms with Crippen LogP contribution in [0, 0.1) is 0 Å². The summed E-state index contributed by atoms with van der Waals surface area (Å²) in [6.45, 7) is 8.10. The van der Waals surface area contributed by atoms with Crippen molar-refractivity contribution in [2.45, 2.75) is 26.3 Å². The standard InChI is InChI=1S/C39H41N7/c1-5-7-8-14-27(3)45-32(16-11-19-40)24-35(41)38(45)39-37(42)34-17-9-10-18-36(34)46(39)33-22-30(28(13-6-2)25-43-4)21-31(23-33)29-15-12-20-44-26-29/h5-23,25-27H,2,24,40-42H2,1,3-4H3/b7-5-,14-8-,19-11-,28-13+,32-16+,43-25?. The van der Waals surface area contributed by atoms with E-state index in [1.54, 1.807) is 19.3 Å². The van der Waals surface area contributed by atoms with Crippen LogP contribution in [0.1, 0.15) is 31.5 Å². The van der Waals surface area contributed by atoms with Gasteiger partial charge >= 0.3 is 0 Å². The molecule has 0 bridgehead atoms. The van der Waals surface area contributed by atoms with Crippen molar-refractivity contribution >= 4 is 34.1 Å². The Balaban J connectivity index is 1.85. The van der Waals surface area contributed by atoms with E-state index in [9.17, 15) is 0 Å². The van der Waals surface area contributed by atoms with Crippen molar-refractivity contribution < 1.29 is 0 Å². The van der Waals surface area contributed by atoms with E-state index in [1.165, 1.54) is 6.20 Å². The maximum absolute atomic E-state index is 7.12. The molecule has 1 aliphatic rings. The molecule has 5 rings (SSSR count). The number of aliphatic imine (C=N–C) groups is 1. The smallest absolute Gasteiger partial charge is 0.0957 e. The lowest BCUT2D eigenvalue weighted by atomic mass is 9.98. The molecule has 6 N–H and O–H groups in total. The largest absolute Gasteiger partial charge is 0.405 e. The molecule has 0 saturated carbocycles. The first-order valence-electron chi connectivity index (χ1n) is 15.3. The molecule has 7 heteroatoms. The lowest BCUT2D eigenvalue weighted by Crippen LogP contribution is -2.28. The third-order valence-corrected chi connectivity index (χ3v) is 7.93. The number of para-hydroxylation sites is 1. The maximum Gasteiger partial charge on any atom is 0.0957 e. The van der Waals surface area contributed by atoms with Gasteiger partial charge in [0, 0.05) is 66.1 Å². The highest BCUT2D eigenvalue weighted by Crippen LogP contribution is 2.45. The number of pyridine rings is 1. The first-order chi connectivity index (χ1) is 22.4. The maximum atomic E-state index is 7.12. The molecule has 0 radical (unpaired) electrons. The average Bonchev–Trinajstić information content (AvgIpc) is 3.56. The molecule has 0 amide bonds. The van der Waals surface area contributed by atoms with Crippen LogP contribution >= 0.6 is 0 Å². The van der Waals surface area contributed by atoms with Crippen molar-refractivity contribution in [2.75, 3.05) is 12.8 Å². The van der Waals surface area contributed by atoms with Crippen molar-refractivity contribution in [3.63, 3.8) is 0 Å². The molecule has 1 atom stereocenters. The monoisotopic (exact) mass is 607 g/mol. The number of nitrogens with two attached hydrogens (primary N) is 3. The summed E-state index contributed by atoms with van der Waals surface area (Å²) in [5.74, 6) is 0. The summed E-state index contributed by atoms with van der Waals surface area (Å²) in [5, 5.41) is 0.944. The van der Waals surface area contributed by atoms with Crippen LogP contribution in [0.3, 0.4) is 0 Å². The SMILES string of the molecule is C=C/C=C(\C=NC)c1cc(-c2cccnc2)cc(-n2c(C3=C(N)C/C(=C\C=C/N)N3C(C)/C=C\C=C/C)c(N)c3ccccc32)c1. The van der Waals surface area contributed by atoms with Gasteiger partial charge in [-0.15, -0.1) is 0 Å². The van der Waals surface area contributed by atoms with Gasteiger partial charge in [-0.2, -0.15) is 0 Å². The second-order valence-corrected chi connectivity index (χ2v) is 11.0.